The minimum absolute atomic E-state index is 0.642. The van der Waals surface area contributed by atoms with Crippen LogP contribution in [0, 0.1) is 6.92 Å². The minimum atomic E-state index is 0.642. The molecule has 16 rings (SSSR count). The lowest BCUT2D eigenvalue weighted by Gasteiger charge is -2.22. The summed E-state index contributed by atoms with van der Waals surface area (Å²) in [4.78, 5) is 11.0. The number of fused-ring (bicyclic) bond motifs is 9. The molecule has 4 aromatic heterocycles. The molecule has 4 heterocycles. The maximum atomic E-state index is 5.49. The molecule has 82 heavy (non-hydrogen) atoms. The summed E-state index contributed by atoms with van der Waals surface area (Å²) in [5, 5.41) is 7.30. The molecule has 0 spiro atoms. The zero-order valence-corrected chi connectivity index (χ0v) is 44.9. The largest absolute Gasteiger partial charge is 0.309 e. The number of rotatable bonds is 9. The van der Waals surface area contributed by atoms with E-state index in [1.54, 1.807) is 0 Å². The topological polar surface area (TPSA) is 40.6 Å². The van der Waals surface area contributed by atoms with Crippen molar-refractivity contribution >= 4 is 65.4 Å². The maximum absolute atomic E-state index is 5.49. The molecule has 0 aliphatic carbocycles. The monoisotopic (exact) mass is 1050 g/mol. The van der Waals surface area contributed by atoms with Crippen LogP contribution in [0.5, 0.6) is 0 Å². The smallest absolute Gasteiger partial charge is 0.160 e. The van der Waals surface area contributed by atoms with E-state index >= 15 is 0 Å². The normalized spacial score (nSPS) is 11.7. The molecule has 0 N–H and O–H groups in total. The molecular formula is C77H51N5. The van der Waals surface area contributed by atoms with E-state index in [-0.39, 0.29) is 0 Å². The van der Waals surface area contributed by atoms with Crippen LogP contribution in [-0.4, -0.2) is 23.7 Å². The van der Waals surface area contributed by atoms with E-state index in [9.17, 15) is 0 Å². The Morgan fingerprint density at radius 2 is 0.610 bits per heavy atom. The molecule has 0 saturated heterocycles. The van der Waals surface area contributed by atoms with Gasteiger partial charge in [-0.15, -0.1) is 0 Å². The molecule has 5 nitrogen and oxygen atoms in total. The summed E-state index contributed by atoms with van der Waals surface area (Å²) in [6.07, 6.45) is 0. The van der Waals surface area contributed by atoms with Crippen molar-refractivity contribution in [2.75, 3.05) is 0 Å². The first-order valence-electron chi connectivity index (χ1n) is 28.0. The summed E-state index contributed by atoms with van der Waals surface area (Å²) in [6, 6.07) is 106. The van der Waals surface area contributed by atoms with Gasteiger partial charge in [-0.25, -0.2) is 9.97 Å². The first-order valence-corrected chi connectivity index (χ1v) is 28.0. The Bertz CT molecular complexity index is 4800. The van der Waals surface area contributed by atoms with Gasteiger partial charge in [-0.3, -0.25) is 0 Å². The molecular weight excluding hydrogens is 995 g/mol. The highest BCUT2D eigenvalue weighted by atomic mass is 15.0. The van der Waals surface area contributed by atoms with Crippen molar-refractivity contribution in [1.29, 1.82) is 0 Å². The van der Waals surface area contributed by atoms with Crippen LogP contribution in [0.1, 0.15) is 5.56 Å². The van der Waals surface area contributed by atoms with E-state index in [2.05, 4.69) is 312 Å². The second kappa shape index (κ2) is 19.2. The molecule has 384 valence electrons. The van der Waals surface area contributed by atoms with E-state index in [0.29, 0.717) is 5.82 Å². The van der Waals surface area contributed by atoms with Crippen LogP contribution in [-0.2, 0) is 0 Å². The van der Waals surface area contributed by atoms with Crippen molar-refractivity contribution in [3.63, 3.8) is 0 Å². The number of aryl methyl sites for hydroxylation is 1. The van der Waals surface area contributed by atoms with Gasteiger partial charge in [-0.05, 0) is 114 Å². The van der Waals surface area contributed by atoms with Gasteiger partial charge in [0.1, 0.15) is 0 Å². The van der Waals surface area contributed by atoms with E-state index in [1.165, 1.54) is 71.1 Å². The van der Waals surface area contributed by atoms with Crippen LogP contribution in [0.25, 0.3) is 150 Å². The lowest BCUT2D eigenvalue weighted by Crippen LogP contribution is -2.03. The summed E-state index contributed by atoms with van der Waals surface area (Å²) < 4.78 is 7.29. The number of para-hydroxylation sites is 5. The van der Waals surface area contributed by atoms with Crippen molar-refractivity contribution in [3.05, 3.63) is 297 Å². The molecule has 0 atom stereocenters. The number of aromatic nitrogens is 5. The van der Waals surface area contributed by atoms with Crippen LogP contribution in [0.15, 0.2) is 291 Å². The van der Waals surface area contributed by atoms with Gasteiger partial charge < -0.3 is 13.7 Å². The Balaban J connectivity index is 0.993. The molecule has 0 aliphatic heterocycles. The van der Waals surface area contributed by atoms with Crippen molar-refractivity contribution in [1.82, 2.24) is 23.7 Å². The van der Waals surface area contributed by atoms with Crippen LogP contribution >= 0.6 is 0 Å². The van der Waals surface area contributed by atoms with Gasteiger partial charge in [-0.2, -0.15) is 0 Å². The van der Waals surface area contributed by atoms with Crippen molar-refractivity contribution in [3.8, 4) is 84.3 Å². The second-order valence-corrected chi connectivity index (χ2v) is 21.4. The highest BCUT2D eigenvalue weighted by Gasteiger charge is 2.24. The molecule has 0 bridgehead atoms. The Morgan fingerprint density at radius 1 is 0.244 bits per heavy atom. The average molecular weight is 1050 g/mol. The molecule has 16 aromatic rings. The van der Waals surface area contributed by atoms with Gasteiger partial charge in [0, 0.05) is 71.5 Å². The lowest BCUT2D eigenvalue weighted by molar-refractivity contribution is 1.16. The number of nitrogens with zero attached hydrogens (tertiary/aromatic N) is 5. The fourth-order valence-corrected chi connectivity index (χ4v) is 12.7. The molecule has 0 fully saturated rings. The Hall–Kier alpha value is -10.9. The van der Waals surface area contributed by atoms with E-state index in [0.717, 1.165) is 78.4 Å². The summed E-state index contributed by atoms with van der Waals surface area (Å²) in [5.41, 5.74) is 22.7. The van der Waals surface area contributed by atoms with Crippen LogP contribution < -0.4 is 0 Å². The first kappa shape index (κ1) is 47.1. The first-order chi connectivity index (χ1) is 40.6. The zero-order chi connectivity index (χ0) is 54.3. The van der Waals surface area contributed by atoms with Crippen LogP contribution in [0.4, 0.5) is 0 Å². The summed E-state index contributed by atoms with van der Waals surface area (Å²) in [7, 11) is 0. The summed E-state index contributed by atoms with van der Waals surface area (Å²) >= 11 is 0. The van der Waals surface area contributed by atoms with Crippen molar-refractivity contribution in [2.24, 2.45) is 0 Å². The highest BCUT2D eigenvalue weighted by Crippen LogP contribution is 2.46. The van der Waals surface area contributed by atoms with Gasteiger partial charge in [-0.1, -0.05) is 212 Å². The van der Waals surface area contributed by atoms with Crippen molar-refractivity contribution in [2.45, 2.75) is 6.92 Å². The zero-order valence-electron chi connectivity index (χ0n) is 44.9. The number of hydrogen-bond donors (Lipinski definition) is 0. The van der Waals surface area contributed by atoms with E-state index < -0.39 is 0 Å². The standard InChI is InChI=1S/C77H51N5/c1-50-19-18-24-55(45-50)56-39-44-75-67(46-56)64-29-12-17-34-74(64)82(75)76-65(51-35-40-58(41-36-51)80-70-30-13-8-25-60(70)61-26-9-14-31-71(61)80)47-57(77-78-68(53-20-4-2-5-21-53)49-69(79-77)54-22-6-3-7-23-54)48-66(76)52-37-42-59(43-38-52)81-72-32-15-10-27-62(72)63-28-11-16-33-73(63)81/h2-49H,1H3. The van der Waals surface area contributed by atoms with Crippen LogP contribution in [0.2, 0.25) is 0 Å². The van der Waals surface area contributed by atoms with E-state index in [1.807, 2.05) is 0 Å². The van der Waals surface area contributed by atoms with Gasteiger partial charge in [0.15, 0.2) is 5.82 Å². The molecule has 0 unspecified atom stereocenters. The van der Waals surface area contributed by atoms with Gasteiger partial charge >= 0.3 is 0 Å². The average Bonchev–Trinajstić information content (AvgIpc) is 4.34. The fourth-order valence-electron chi connectivity index (χ4n) is 12.7. The quantitative estimate of drug-likeness (QED) is 0.145. The summed E-state index contributed by atoms with van der Waals surface area (Å²) in [6.45, 7) is 2.16. The second-order valence-electron chi connectivity index (χ2n) is 21.4. The molecule has 12 aromatic carbocycles. The molecule has 0 aliphatic rings. The molecule has 5 heteroatoms. The van der Waals surface area contributed by atoms with Crippen molar-refractivity contribution < 1.29 is 0 Å². The summed E-state index contributed by atoms with van der Waals surface area (Å²) in [5.74, 6) is 0.642. The molecule has 0 amide bonds. The van der Waals surface area contributed by atoms with E-state index in [4.69, 9.17) is 9.97 Å². The third-order valence-electron chi connectivity index (χ3n) is 16.5. The Kier molecular flexibility index (Phi) is 11.0. The predicted octanol–water partition coefficient (Wildman–Crippen LogP) is 20.1. The fraction of sp³-hybridized carbons (Fsp3) is 0.0130. The van der Waals surface area contributed by atoms with Gasteiger partial charge in [0.05, 0.1) is 50.2 Å². The Labute approximate surface area is 474 Å². The SMILES string of the molecule is Cc1cccc(-c2ccc3c(c2)c2ccccc2n3-c2c(-c3ccc(-n4c5ccccc5c5ccccc54)cc3)cc(-c3nc(-c4ccccc4)cc(-c4ccccc4)n3)cc2-c2ccc(-n3c4ccccc4c4ccccc43)cc2)c1. The molecule has 0 saturated carbocycles. The predicted molar refractivity (Wildman–Crippen MR) is 342 cm³/mol. The number of benzene rings is 12. The third kappa shape index (κ3) is 7.77. The Morgan fingerprint density at radius 3 is 1.06 bits per heavy atom. The number of hydrogen-bond acceptors (Lipinski definition) is 2. The highest BCUT2D eigenvalue weighted by molar-refractivity contribution is 6.13. The van der Waals surface area contributed by atoms with Crippen LogP contribution in [0.3, 0.4) is 0 Å². The van der Waals surface area contributed by atoms with Gasteiger partial charge in [0.25, 0.3) is 0 Å². The lowest BCUT2D eigenvalue weighted by atomic mass is 9.92. The third-order valence-corrected chi connectivity index (χ3v) is 16.5. The van der Waals surface area contributed by atoms with Gasteiger partial charge in [0.2, 0.25) is 0 Å². The minimum Gasteiger partial charge on any atom is -0.309 e. The molecule has 0 radical (unpaired) electrons. The maximum Gasteiger partial charge on any atom is 0.160 e.